The third-order valence-corrected chi connectivity index (χ3v) is 3.54. The summed E-state index contributed by atoms with van der Waals surface area (Å²) in [5.74, 6) is -1.01. The minimum atomic E-state index is -3.14. The molecule has 16 heavy (non-hydrogen) atoms. The van der Waals surface area contributed by atoms with E-state index in [4.69, 9.17) is 9.84 Å². The molecular weight excluding hydrogens is 234 g/mol. The Balaban J connectivity index is 2.42. The summed E-state index contributed by atoms with van der Waals surface area (Å²) in [5, 5.41) is 8.83. The van der Waals surface area contributed by atoms with Crippen molar-refractivity contribution in [3.8, 4) is 5.75 Å². The van der Waals surface area contributed by atoms with Gasteiger partial charge in [0.2, 0.25) is 0 Å². The Labute approximate surface area is 92.1 Å². The highest BCUT2D eigenvalue weighted by molar-refractivity contribution is 8.00. The number of ether oxygens (including phenoxy) is 1. The molecule has 86 valence electrons. The first-order chi connectivity index (χ1) is 7.45. The Morgan fingerprint density at radius 2 is 2.12 bits per heavy atom. The maximum absolute atomic E-state index is 11.1. The first-order valence-corrected chi connectivity index (χ1v) is 5.98. The lowest BCUT2D eigenvalue weighted by atomic mass is 10.2. The summed E-state index contributed by atoms with van der Waals surface area (Å²) >= 11 is 0. The number of methoxy groups -OCH3 is 1. The van der Waals surface area contributed by atoms with Gasteiger partial charge in [-0.3, -0.25) is 4.31 Å². The minimum absolute atomic E-state index is 0.00509. The normalized spacial score (nSPS) is 16.9. The molecule has 0 aliphatic carbocycles. The van der Waals surface area contributed by atoms with Crippen LogP contribution in [0.4, 0.5) is 5.69 Å². The molecule has 0 saturated carbocycles. The van der Waals surface area contributed by atoms with Crippen LogP contribution < -0.4 is 9.04 Å². The molecule has 2 rings (SSSR count). The van der Waals surface area contributed by atoms with Crippen molar-refractivity contribution < 1.29 is 23.1 Å². The van der Waals surface area contributed by atoms with E-state index in [1.165, 1.54) is 29.6 Å². The Kier molecular flexibility index (Phi) is 2.27. The second-order valence-electron chi connectivity index (χ2n) is 3.28. The average molecular weight is 243 g/mol. The molecule has 0 amide bonds. The molecule has 6 nitrogen and oxygen atoms in total. The van der Waals surface area contributed by atoms with Crippen LogP contribution in [0.15, 0.2) is 18.2 Å². The van der Waals surface area contributed by atoms with E-state index >= 15 is 0 Å². The Morgan fingerprint density at radius 1 is 1.50 bits per heavy atom. The van der Waals surface area contributed by atoms with Crippen molar-refractivity contribution in [1.82, 2.24) is 0 Å². The molecule has 1 saturated heterocycles. The Hall–Kier alpha value is -1.76. The molecule has 7 heteroatoms. The topological polar surface area (TPSA) is 83.7 Å². The standard InChI is InChI=1S/C9H9NO5S/c1-15-8-4-6(10-5-16(10,13)14)2-3-7(8)9(11)12/h2-4H,5H2,1H3,(H,11,12). The maximum Gasteiger partial charge on any atom is 0.339 e. The molecule has 1 aromatic carbocycles. The van der Waals surface area contributed by atoms with Gasteiger partial charge in [-0.25, -0.2) is 13.2 Å². The second kappa shape index (κ2) is 3.38. The van der Waals surface area contributed by atoms with Crippen LogP contribution in [0.3, 0.4) is 0 Å². The Morgan fingerprint density at radius 3 is 2.56 bits per heavy atom. The van der Waals surface area contributed by atoms with Crippen LogP contribution in [0.5, 0.6) is 5.75 Å². The lowest BCUT2D eigenvalue weighted by molar-refractivity contribution is 0.0693. The largest absolute Gasteiger partial charge is 0.496 e. The quantitative estimate of drug-likeness (QED) is 0.781. The van der Waals surface area contributed by atoms with Crippen molar-refractivity contribution in [3.05, 3.63) is 23.8 Å². The van der Waals surface area contributed by atoms with E-state index in [2.05, 4.69) is 0 Å². The second-order valence-corrected chi connectivity index (χ2v) is 5.14. The van der Waals surface area contributed by atoms with Gasteiger partial charge in [0.1, 0.15) is 11.3 Å². The monoisotopic (exact) mass is 243 g/mol. The van der Waals surface area contributed by atoms with Crippen LogP contribution in [0.1, 0.15) is 10.4 Å². The van der Waals surface area contributed by atoms with Crippen LogP contribution in [0, 0.1) is 0 Å². The third-order valence-electron chi connectivity index (χ3n) is 2.25. The summed E-state index contributed by atoms with van der Waals surface area (Å²) in [7, 11) is -1.80. The molecule has 1 N–H and O–H groups in total. The average Bonchev–Trinajstić information content (AvgIpc) is 2.86. The summed E-state index contributed by atoms with van der Waals surface area (Å²) in [5.41, 5.74) is 0.423. The van der Waals surface area contributed by atoms with E-state index in [1.807, 2.05) is 0 Å². The van der Waals surface area contributed by atoms with Crippen LogP contribution in [-0.4, -0.2) is 32.5 Å². The number of carbonyl (C=O) groups is 1. The molecule has 1 aliphatic heterocycles. The lowest BCUT2D eigenvalue weighted by Gasteiger charge is -2.07. The zero-order valence-electron chi connectivity index (χ0n) is 8.37. The highest BCUT2D eigenvalue weighted by atomic mass is 32.2. The molecule has 0 unspecified atom stereocenters. The van der Waals surface area contributed by atoms with Gasteiger partial charge in [0.05, 0.1) is 12.8 Å². The molecule has 1 heterocycles. The first-order valence-electron chi connectivity index (χ1n) is 4.37. The summed E-state index contributed by atoms with van der Waals surface area (Å²) in [6, 6.07) is 4.16. The van der Waals surface area contributed by atoms with Gasteiger partial charge in [-0.15, -0.1) is 0 Å². The summed E-state index contributed by atoms with van der Waals surface area (Å²) in [6.07, 6.45) is 0. The third kappa shape index (κ3) is 1.69. The molecule has 0 radical (unpaired) electrons. The van der Waals surface area contributed by atoms with Crippen molar-refractivity contribution in [2.24, 2.45) is 0 Å². The van der Waals surface area contributed by atoms with E-state index in [9.17, 15) is 13.2 Å². The number of hydrogen-bond donors (Lipinski definition) is 1. The van der Waals surface area contributed by atoms with Gasteiger partial charge in [-0.2, -0.15) is 0 Å². The molecule has 0 aromatic heterocycles. The highest BCUT2D eigenvalue weighted by Gasteiger charge is 2.40. The number of carboxylic acids is 1. The Bertz CT molecular complexity index is 551. The van der Waals surface area contributed by atoms with Gasteiger partial charge in [0.15, 0.2) is 5.88 Å². The van der Waals surface area contributed by atoms with Crippen molar-refractivity contribution in [2.75, 3.05) is 17.3 Å². The predicted octanol–water partition coefficient (Wildman–Crippen LogP) is 0.501. The zero-order valence-corrected chi connectivity index (χ0v) is 9.19. The molecule has 0 atom stereocenters. The highest BCUT2D eigenvalue weighted by Crippen LogP contribution is 2.33. The molecule has 1 fully saturated rings. The van der Waals surface area contributed by atoms with E-state index in [0.717, 1.165) is 0 Å². The molecule has 0 spiro atoms. The molecule has 1 aliphatic rings. The predicted molar refractivity (Wildman–Crippen MR) is 56.2 cm³/mol. The molecule has 0 bridgehead atoms. The van der Waals surface area contributed by atoms with Gasteiger partial charge in [-0.1, -0.05) is 0 Å². The summed E-state index contributed by atoms with van der Waals surface area (Å²) in [4.78, 5) is 10.8. The van der Waals surface area contributed by atoms with Crippen molar-refractivity contribution >= 4 is 21.7 Å². The van der Waals surface area contributed by atoms with Gasteiger partial charge < -0.3 is 9.84 Å². The van der Waals surface area contributed by atoms with E-state index < -0.39 is 16.0 Å². The number of hydrogen-bond acceptors (Lipinski definition) is 4. The minimum Gasteiger partial charge on any atom is -0.496 e. The number of sulfonamides is 1. The van der Waals surface area contributed by atoms with E-state index in [1.54, 1.807) is 0 Å². The van der Waals surface area contributed by atoms with E-state index in [0.29, 0.717) is 5.69 Å². The van der Waals surface area contributed by atoms with Crippen LogP contribution in [-0.2, 0) is 10.0 Å². The fraction of sp³-hybridized carbons (Fsp3) is 0.222. The zero-order chi connectivity index (χ0) is 11.9. The number of carboxylic acid groups (broad SMARTS) is 1. The van der Waals surface area contributed by atoms with Crippen LogP contribution in [0.2, 0.25) is 0 Å². The fourth-order valence-corrected chi connectivity index (χ4v) is 2.46. The summed E-state index contributed by atoms with van der Waals surface area (Å²) < 4.78 is 28.2. The number of nitrogens with zero attached hydrogens (tertiary/aromatic N) is 1. The van der Waals surface area contributed by atoms with Gasteiger partial charge in [-0.05, 0) is 12.1 Å². The van der Waals surface area contributed by atoms with Gasteiger partial charge in [0, 0.05) is 6.07 Å². The number of aromatic carboxylic acids is 1. The van der Waals surface area contributed by atoms with Crippen molar-refractivity contribution in [3.63, 3.8) is 0 Å². The SMILES string of the molecule is COc1cc(N2CS2(=O)=O)ccc1C(=O)O. The van der Waals surface area contributed by atoms with Crippen molar-refractivity contribution in [1.29, 1.82) is 0 Å². The molecule has 1 aromatic rings. The van der Waals surface area contributed by atoms with Crippen LogP contribution in [0.25, 0.3) is 0 Å². The lowest BCUT2D eigenvalue weighted by Crippen LogP contribution is -2.02. The maximum atomic E-state index is 11.1. The first kappa shape index (κ1) is 10.7. The van der Waals surface area contributed by atoms with Crippen molar-refractivity contribution in [2.45, 2.75) is 0 Å². The van der Waals surface area contributed by atoms with E-state index in [-0.39, 0.29) is 17.2 Å². The number of anilines is 1. The summed E-state index contributed by atoms with van der Waals surface area (Å²) in [6.45, 7) is 0. The fourth-order valence-electron chi connectivity index (χ4n) is 1.37. The van der Waals surface area contributed by atoms with Crippen LogP contribution >= 0.6 is 0 Å². The smallest absolute Gasteiger partial charge is 0.339 e. The number of rotatable bonds is 3. The number of benzene rings is 1. The van der Waals surface area contributed by atoms with Gasteiger partial charge >= 0.3 is 5.97 Å². The van der Waals surface area contributed by atoms with Gasteiger partial charge in [0.25, 0.3) is 10.0 Å². The molecular formula is C9H9NO5S.